The molecule has 5 rings (SSSR count). The molecule has 1 unspecified atom stereocenters. The van der Waals surface area contributed by atoms with Crippen molar-refractivity contribution in [3.8, 4) is 10.4 Å². The van der Waals surface area contributed by atoms with Crippen LogP contribution in [-0.4, -0.2) is 9.97 Å². The Labute approximate surface area is 246 Å². The van der Waals surface area contributed by atoms with Crippen LogP contribution in [0.3, 0.4) is 0 Å². The zero-order valence-electron chi connectivity index (χ0n) is 24.0. The SMILES string of the molecule is C=C(NCc1ccc(F)cc1)c1cccnc1NCc1ccc(-c2ccc3ncc(CCC)c(C(C)CC)c3c2)s1. The van der Waals surface area contributed by atoms with Crippen molar-refractivity contribution in [2.45, 2.75) is 59.0 Å². The van der Waals surface area contributed by atoms with Gasteiger partial charge in [-0.1, -0.05) is 52.0 Å². The zero-order valence-corrected chi connectivity index (χ0v) is 24.8. The third-order valence-electron chi connectivity index (χ3n) is 7.54. The summed E-state index contributed by atoms with van der Waals surface area (Å²) in [4.78, 5) is 11.8. The van der Waals surface area contributed by atoms with E-state index in [-0.39, 0.29) is 5.82 Å². The topological polar surface area (TPSA) is 49.8 Å². The minimum Gasteiger partial charge on any atom is -0.381 e. The van der Waals surface area contributed by atoms with Crippen LogP contribution in [0.5, 0.6) is 0 Å². The Balaban J connectivity index is 1.31. The summed E-state index contributed by atoms with van der Waals surface area (Å²) in [6, 6.07) is 21.5. The first-order valence-corrected chi connectivity index (χ1v) is 15.2. The van der Waals surface area contributed by atoms with Crippen molar-refractivity contribution in [3.05, 3.63) is 119 Å². The Morgan fingerprint density at radius 3 is 2.61 bits per heavy atom. The van der Waals surface area contributed by atoms with E-state index in [0.717, 1.165) is 47.4 Å². The number of pyridine rings is 2. The van der Waals surface area contributed by atoms with Gasteiger partial charge in [0.2, 0.25) is 0 Å². The molecule has 2 aromatic carbocycles. The lowest BCUT2D eigenvalue weighted by molar-refractivity contribution is 0.626. The van der Waals surface area contributed by atoms with Crippen LogP contribution in [0.4, 0.5) is 10.2 Å². The monoisotopic (exact) mass is 564 g/mol. The number of hydrogen-bond acceptors (Lipinski definition) is 5. The van der Waals surface area contributed by atoms with Gasteiger partial charge in [0, 0.05) is 45.3 Å². The molecule has 41 heavy (non-hydrogen) atoms. The van der Waals surface area contributed by atoms with Gasteiger partial charge in [-0.2, -0.15) is 0 Å². The van der Waals surface area contributed by atoms with Gasteiger partial charge in [-0.25, -0.2) is 9.37 Å². The molecule has 0 spiro atoms. The Kier molecular flexibility index (Phi) is 9.10. The average molecular weight is 565 g/mol. The van der Waals surface area contributed by atoms with E-state index in [1.807, 2.05) is 12.1 Å². The second kappa shape index (κ2) is 13.1. The molecule has 3 aromatic heterocycles. The van der Waals surface area contributed by atoms with Gasteiger partial charge >= 0.3 is 0 Å². The highest BCUT2D eigenvalue weighted by atomic mass is 32.1. The number of aromatic nitrogens is 2. The number of thiophene rings is 1. The summed E-state index contributed by atoms with van der Waals surface area (Å²) in [5.41, 5.74) is 7.79. The molecule has 0 radical (unpaired) electrons. The van der Waals surface area contributed by atoms with Crippen LogP contribution in [0.2, 0.25) is 0 Å². The fourth-order valence-electron chi connectivity index (χ4n) is 5.16. The first kappa shape index (κ1) is 28.5. The highest BCUT2D eigenvalue weighted by molar-refractivity contribution is 7.15. The maximum Gasteiger partial charge on any atom is 0.135 e. The molecule has 0 aliphatic rings. The van der Waals surface area contributed by atoms with Gasteiger partial charge in [-0.05, 0) is 89.5 Å². The maximum atomic E-state index is 13.2. The van der Waals surface area contributed by atoms with Crippen molar-refractivity contribution < 1.29 is 4.39 Å². The molecule has 1 atom stereocenters. The lowest BCUT2D eigenvalue weighted by Gasteiger charge is -2.18. The molecule has 0 saturated heterocycles. The molecule has 4 nitrogen and oxygen atoms in total. The number of nitrogens with zero attached hydrogens (tertiary/aromatic N) is 2. The fourth-order valence-corrected chi connectivity index (χ4v) is 6.10. The molecular formula is C35H37FN4S. The molecular weight excluding hydrogens is 527 g/mol. The molecule has 0 aliphatic heterocycles. The summed E-state index contributed by atoms with van der Waals surface area (Å²) in [5, 5.41) is 8.12. The van der Waals surface area contributed by atoms with Crippen molar-refractivity contribution in [3.63, 3.8) is 0 Å². The van der Waals surface area contributed by atoms with E-state index < -0.39 is 0 Å². The summed E-state index contributed by atoms with van der Waals surface area (Å²) < 4.78 is 13.2. The fraction of sp³-hybridized carbons (Fsp3) is 0.257. The third-order valence-corrected chi connectivity index (χ3v) is 8.68. The van der Waals surface area contributed by atoms with Crippen LogP contribution in [0.15, 0.2) is 85.7 Å². The van der Waals surface area contributed by atoms with E-state index in [1.54, 1.807) is 29.7 Å². The average Bonchev–Trinajstić information content (AvgIpc) is 3.48. The quantitative estimate of drug-likeness (QED) is 0.159. The number of aryl methyl sites for hydroxylation is 1. The zero-order chi connectivity index (χ0) is 28.8. The minimum atomic E-state index is -0.238. The van der Waals surface area contributed by atoms with Gasteiger partial charge in [0.05, 0.1) is 12.1 Å². The predicted octanol–water partition coefficient (Wildman–Crippen LogP) is 9.34. The Bertz CT molecular complexity index is 1640. The van der Waals surface area contributed by atoms with Gasteiger partial charge in [0.1, 0.15) is 11.6 Å². The summed E-state index contributed by atoms with van der Waals surface area (Å²) in [6.45, 7) is 12.3. The number of benzene rings is 2. The number of halogens is 1. The van der Waals surface area contributed by atoms with Gasteiger partial charge in [0.15, 0.2) is 0 Å². The largest absolute Gasteiger partial charge is 0.381 e. The first-order valence-electron chi connectivity index (χ1n) is 14.3. The first-order chi connectivity index (χ1) is 20.0. The van der Waals surface area contributed by atoms with Crippen molar-refractivity contribution in [2.24, 2.45) is 0 Å². The number of fused-ring (bicyclic) bond motifs is 1. The maximum absolute atomic E-state index is 13.2. The van der Waals surface area contributed by atoms with E-state index in [1.165, 1.54) is 44.0 Å². The molecule has 3 heterocycles. The van der Waals surface area contributed by atoms with E-state index in [2.05, 4.69) is 79.5 Å². The number of nitrogens with one attached hydrogen (secondary N) is 2. The molecule has 210 valence electrons. The summed E-state index contributed by atoms with van der Waals surface area (Å²) in [6.07, 6.45) is 7.15. The van der Waals surface area contributed by atoms with E-state index in [4.69, 9.17) is 4.98 Å². The predicted molar refractivity (Wildman–Crippen MR) is 172 cm³/mol. The minimum absolute atomic E-state index is 0.238. The summed E-state index contributed by atoms with van der Waals surface area (Å²) in [5.74, 6) is 1.03. The smallest absolute Gasteiger partial charge is 0.135 e. The van der Waals surface area contributed by atoms with Crippen LogP contribution in [0.25, 0.3) is 27.0 Å². The molecule has 0 bridgehead atoms. The molecule has 0 saturated carbocycles. The molecule has 0 aliphatic carbocycles. The van der Waals surface area contributed by atoms with Gasteiger partial charge < -0.3 is 10.6 Å². The van der Waals surface area contributed by atoms with E-state index >= 15 is 0 Å². The molecule has 5 aromatic rings. The van der Waals surface area contributed by atoms with Crippen LogP contribution in [0, 0.1) is 5.82 Å². The van der Waals surface area contributed by atoms with E-state index in [0.29, 0.717) is 19.0 Å². The number of anilines is 1. The Morgan fingerprint density at radius 1 is 1.00 bits per heavy atom. The number of hydrogen-bond donors (Lipinski definition) is 2. The molecule has 2 N–H and O–H groups in total. The van der Waals surface area contributed by atoms with Crippen molar-refractivity contribution in [1.82, 2.24) is 15.3 Å². The van der Waals surface area contributed by atoms with Crippen molar-refractivity contribution >= 4 is 33.8 Å². The normalized spacial score (nSPS) is 11.9. The van der Waals surface area contributed by atoms with Crippen molar-refractivity contribution in [1.29, 1.82) is 0 Å². The van der Waals surface area contributed by atoms with Gasteiger partial charge in [-0.15, -0.1) is 11.3 Å². The lowest BCUT2D eigenvalue weighted by Crippen LogP contribution is -2.13. The molecule has 0 fully saturated rings. The van der Waals surface area contributed by atoms with Crippen LogP contribution in [-0.2, 0) is 19.5 Å². The van der Waals surface area contributed by atoms with Gasteiger partial charge in [0.25, 0.3) is 0 Å². The second-order valence-electron chi connectivity index (χ2n) is 10.5. The summed E-state index contributed by atoms with van der Waals surface area (Å²) in [7, 11) is 0. The van der Waals surface area contributed by atoms with Gasteiger partial charge in [-0.3, -0.25) is 4.98 Å². The highest BCUT2D eigenvalue weighted by Gasteiger charge is 2.15. The lowest BCUT2D eigenvalue weighted by atomic mass is 9.89. The second-order valence-corrected chi connectivity index (χ2v) is 11.6. The Hall–Kier alpha value is -4.03. The third kappa shape index (κ3) is 6.66. The van der Waals surface area contributed by atoms with E-state index in [9.17, 15) is 4.39 Å². The molecule has 0 amide bonds. The molecule has 6 heteroatoms. The van der Waals surface area contributed by atoms with Crippen LogP contribution < -0.4 is 10.6 Å². The van der Waals surface area contributed by atoms with Crippen LogP contribution >= 0.6 is 11.3 Å². The van der Waals surface area contributed by atoms with Crippen molar-refractivity contribution in [2.75, 3.05) is 5.32 Å². The highest BCUT2D eigenvalue weighted by Crippen LogP contribution is 2.35. The number of rotatable bonds is 12. The standard InChI is InChI=1S/C35H37FN4S/c1-5-8-27-21-39-32-16-12-26(19-31(32)34(27)23(3)6-2)33-17-15-29(41-33)22-40-35-30(9-7-18-37-35)24(4)38-20-25-10-13-28(36)14-11-25/h7,9-19,21,23,38H,4-6,8,20,22H2,1-3H3,(H,37,40). The Morgan fingerprint density at radius 2 is 1.83 bits per heavy atom. The summed E-state index contributed by atoms with van der Waals surface area (Å²) >= 11 is 1.79. The van der Waals surface area contributed by atoms with Crippen LogP contribution in [0.1, 0.15) is 66.7 Å².